The minimum Gasteiger partial charge on any atom is -0.482 e. The van der Waals surface area contributed by atoms with Crippen LogP contribution in [0.5, 0.6) is 5.75 Å². The van der Waals surface area contributed by atoms with Crippen molar-refractivity contribution in [1.82, 2.24) is 4.98 Å². The van der Waals surface area contributed by atoms with E-state index in [1.165, 1.54) is 24.3 Å². The first-order valence-electron chi connectivity index (χ1n) is 12.8. The molecule has 0 aliphatic heterocycles. The summed E-state index contributed by atoms with van der Waals surface area (Å²) in [6.45, 7) is 0.140. The molecule has 0 radical (unpaired) electrons. The highest BCUT2D eigenvalue weighted by atomic mass is 19.4. The van der Waals surface area contributed by atoms with Gasteiger partial charge in [0.1, 0.15) is 11.6 Å². The maximum Gasteiger partial charge on any atom is 0.422 e. The molecule has 1 aromatic heterocycles. The van der Waals surface area contributed by atoms with E-state index in [1.54, 1.807) is 61.7 Å². The number of primary amides is 1. The highest BCUT2D eigenvalue weighted by molar-refractivity contribution is 5.98. The summed E-state index contributed by atoms with van der Waals surface area (Å²) in [4.78, 5) is 32.4. The summed E-state index contributed by atoms with van der Waals surface area (Å²) in [7, 11) is 0. The third-order valence-electron chi connectivity index (χ3n) is 6.15. The number of carbonyl (C=O) groups excluding carboxylic acids is 2. The van der Waals surface area contributed by atoms with Gasteiger partial charge < -0.3 is 26.8 Å². The average Bonchev–Trinajstić information content (AvgIpc) is 2.97. The van der Waals surface area contributed by atoms with Gasteiger partial charge in [0.15, 0.2) is 18.4 Å². The first kappa shape index (κ1) is 30.5. The van der Waals surface area contributed by atoms with Crippen molar-refractivity contribution in [1.29, 1.82) is 0 Å². The molecule has 0 saturated carbocycles. The van der Waals surface area contributed by atoms with Gasteiger partial charge in [-0.15, -0.1) is 0 Å². The zero-order valence-corrected chi connectivity index (χ0v) is 22.7. The Labute approximate surface area is 243 Å². The molecule has 1 heterocycles. The molecule has 6 N–H and O–H groups in total. The SMILES string of the molecule is C[C@@H](C(=O)Nc1ccc(-c2ccc(N=C(N)Nc3ccc(C(N)=O)cc3OCC(F)(F)F)nc2)cc1)c1ccc(F)cc1. The molecule has 4 rings (SSSR count). The molecule has 0 unspecified atom stereocenters. The summed E-state index contributed by atoms with van der Waals surface area (Å²) in [6, 6.07) is 19.8. The Morgan fingerprint density at radius 3 is 2.21 bits per heavy atom. The maximum atomic E-state index is 13.2. The van der Waals surface area contributed by atoms with Crippen molar-refractivity contribution in [3.05, 3.63) is 102 Å². The zero-order valence-electron chi connectivity index (χ0n) is 22.7. The molecule has 4 aromatic rings. The van der Waals surface area contributed by atoms with Crippen molar-refractivity contribution in [3.8, 4) is 16.9 Å². The van der Waals surface area contributed by atoms with E-state index in [0.717, 1.165) is 17.2 Å². The summed E-state index contributed by atoms with van der Waals surface area (Å²) in [5, 5.41) is 5.48. The van der Waals surface area contributed by atoms with Gasteiger partial charge in [-0.25, -0.2) is 9.37 Å². The fraction of sp³-hybridized carbons (Fsp3) is 0.133. The van der Waals surface area contributed by atoms with E-state index in [-0.39, 0.29) is 40.5 Å². The largest absolute Gasteiger partial charge is 0.482 e. The first-order valence-corrected chi connectivity index (χ1v) is 12.8. The van der Waals surface area contributed by atoms with Gasteiger partial charge in [-0.05, 0) is 72.6 Å². The number of halogens is 4. The number of nitrogens with zero attached hydrogens (tertiary/aromatic N) is 2. The molecule has 222 valence electrons. The number of anilines is 2. The molecule has 9 nitrogen and oxygen atoms in total. The van der Waals surface area contributed by atoms with E-state index >= 15 is 0 Å². The number of hydrogen-bond donors (Lipinski definition) is 4. The van der Waals surface area contributed by atoms with E-state index in [9.17, 15) is 27.2 Å². The van der Waals surface area contributed by atoms with Crippen LogP contribution in [0.1, 0.15) is 28.8 Å². The number of aromatic nitrogens is 1. The highest BCUT2D eigenvalue weighted by Gasteiger charge is 2.29. The lowest BCUT2D eigenvalue weighted by atomic mass is 10.00. The number of hydrogen-bond acceptors (Lipinski definition) is 5. The van der Waals surface area contributed by atoms with E-state index < -0.39 is 24.6 Å². The summed E-state index contributed by atoms with van der Waals surface area (Å²) in [5.74, 6) is -2.21. The highest BCUT2D eigenvalue weighted by Crippen LogP contribution is 2.29. The van der Waals surface area contributed by atoms with Crippen molar-refractivity contribution >= 4 is 35.0 Å². The fourth-order valence-corrected chi connectivity index (χ4v) is 3.87. The number of aliphatic imine (C=N–C) groups is 1. The molecule has 43 heavy (non-hydrogen) atoms. The number of amides is 2. The minimum absolute atomic E-state index is 0.0337. The van der Waals surface area contributed by atoms with Crippen molar-refractivity contribution in [2.24, 2.45) is 16.5 Å². The molecular weight excluding hydrogens is 568 g/mol. The summed E-state index contributed by atoms with van der Waals surface area (Å²) in [5.41, 5.74) is 14.0. The molecule has 1 atom stereocenters. The van der Waals surface area contributed by atoms with Gasteiger partial charge in [0, 0.05) is 23.0 Å². The average molecular weight is 595 g/mol. The Bertz CT molecular complexity index is 1620. The Morgan fingerprint density at radius 1 is 0.930 bits per heavy atom. The molecule has 0 bridgehead atoms. The van der Waals surface area contributed by atoms with Crippen LogP contribution in [0.4, 0.5) is 34.8 Å². The number of nitrogens with two attached hydrogens (primary N) is 2. The maximum absolute atomic E-state index is 13.2. The van der Waals surface area contributed by atoms with Gasteiger partial charge in [0.2, 0.25) is 11.8 Å². The Balaban J connectivity index is 1.41. The lowest BCUT2D eigenvalue weighted by Gasteiger charge is -2.15. The first-order chi connectivity index (χ1) is 20.4. The third kappa shape index (κ3) is 8.52. The second-order valence-corrected chi connectivity index (χ2v) is 9.35. The van der Waals surface area contributed by atoms with E-state index in [2.05, 4.69) is 20.6 Å². The van der Waals surface area contributed by atoms with E-state index in [0.29, 0.717) is 11.3 Å². The Kier molecular flexibility index (Phi) is 9.23. The van der Waals surface area contributed by atoms with E-state index in [4.69, 9.17) is 16.2 Å². The second kappa shape index (κ2) is 13.0. The van der Waals surface area contributed by atoms with Crippen LogP contribution < -0.4 is 26.8 Å². The summed E-state index contributed by atoms with van der Waals surface area (Å²) in [6.07, 6.45) is -3.06. The van der Waals surface area contributed by atoms with Crippen molar-refractivity contribution in [3.63, 3.8) is 0 Å². The van der Waals surface area contributed by atoms with Gasteiger partial charge in [0.25, 0.3) is 0 Å². The molecule has 0 spiro atoms. The summed E-state index contributed by atoms with van der Waals surface area (Å²) < 4.78 is 56.0. The van der Waals surface area contributed by atoms with Crippen molar-refractivity contribution in [2.75, 3.05) is 17.2 Å². The predicted molar refractivity (Wildman–Crippen MR) is 155 cm³/mol. The monoisotopic (exact) mass is 594 g/mol. The molecule has 0 aliphatic rings. The lowest BCUT2D eigenvalue weighted by molar-refractivity contribution is -0.153. The normalized spacial score (nSPS) is 12.3. The summed E-state index contributed by atoms with van der Waals surface area (Å²) >= 11 is 0. The molecule has 3 aromatic carbocycles. The van der Waals surface area contributed by atoms with Gasteiger partial charge in [-0.2, -0.15) is 18.2 Å². The lowest BCUT2D eigenvalue weighted by Crippen LogP contribution is -2.24. The fourth-order valence-electron chi connectivity index (χ4n) is 3.87. The van der Waals surface area contributed by atoms with Crippen molar-refractivity contribution < 1.29 is 31.9 Å². The number of carbonyl (C=O) groups is 2. The van der Waals surface area contributed by atoms with Gasteiger partial charge in [-0.3, -0.25) is 9.59 Å². The Morgan fingerprint density at radius 2 is 1.60 bits per heavy atom. The van der Waals surface area contributed by atoms with Crippen LogP contribution in [0.3, 0.4) is 0 Å². The molecule has 0 aliphatic carbocycles. The van der Waals surface area contributed by atoms with Crippen LogP contribution in [0.25, 0.3) is 11.1 Å². The smallest absolute Gasteiger partial charge is 0.422 e. The quantitative estimate of drug-likeness (QED) is 0.111. The topological polar surface area (TPSA) is 145 Å². The minimum atomic E-state index is -4.61. The number of benzene rings is 3. The van der Waals surface area contributed by atoms with Gasteiger partial charge >= 0.3 is 6.18 Å². The van der Waals surface area contributed by atoms with Crippen LogP contribution in [0.15, 0.2) is 90.1 Å². The Hall–Kier alpha value is -5.46. The van der Waals surface area contributed by atoms with Gasteiger partial charge in [0.05, 0.1) is 11.6 Å². The molecule has 13 heteroatoms. The van der Waals surface area contributed by atoms with Crippen molar-refractivity contribution in [2.45, 2.75) is 19.0 Å². The van der Waals surface area contributed by atoms with Crippen LogP contribution in [-0.2, 0) is 4.79 Å². The van der Waals surface area contributed by atoms with E-state index in [1.807, 2.05) is 0 Å². The zero-order chi connectivity index (χ0) is 31.1. The van der Waals surface area contributed by atoms with Crippen LogP contribution in [0, 0.1) is 5.82 Å². The third-order valence-corrected chi connectivity index (χ3v) is 6.15. The molecular formula is C30H26F4N6O3. The van der Waals surface area contributed by atoms with Gasteiger partial charge in [-0.1, -0.05) is 24.3 Å². The number of ether oxygens (including phenoxy) is 1. The molecule has 2 amide bonds. The number of pyridine rings is 1. The number of rotatable bonds is 9. The number of nitrogens with one attached hydrogen (secondary N) is 2. The second-order valence-electron chi connectivity index (χ2n) is 9.35. The number of guanidine groups is 1. The number of alkyl halides is 3. The molecule has 0 saturated heterocycles. The van der Waals surface area contributed by atoms with Crippen LogP contribution >= 0.6 is 0 Å². The van der Waals surface area contributed by atoms with Crippen LogP contribution in [-0.4, -0.2) is 35.5 Å². The standard InChI is InChI=1S/C30H26F4N6O3/c1-17(18-2-8-22(31)9-3-18)28(42)38-23-10-4-19(5-11-23)21-7-13-26(37-15-21)40-29(36)39-24-12-6-20(27(35)41)14-25(24)43-16-30(32,33)34/h2-15,17H,16H2,1H3,(H2,35,41)(H,38,42)(H3,36,37,39,40)/t17-/m1/s1. The van der Waals surface area contributed by atoms with Crippen LogP contribution in [0.2, 0.25) is 0 Å². The predicted octanol–water partition coefficient (Wildman–Crippen LogP) is 5.73. The molecule has 0 fully saturated rings.